The molecular weight excluding hydrogens is 246 g/mol. The predicted molar refractivity (Wildman–Crippen MR) is 69.4 cm³/mol. The molecule has 1 fully saturated rings. The third-order valence-electron chi connectivity index (χ3n) is 3.55. The van der Waals surface area contributed by atoms with Crippen LogP contribution < -0.4 is 10.6 Å². The molecule has 0 bridgehead atoms. The van der Waals surface area contributed by atoms with E-state index in [1.807, 2.05) is 6.92 Å². The van der Waals surface area contributed by atoms with E-state index < -0.39 is 5.54 Å². The number of aliphatic hydroxyl groups is 1. The topological polar surface area (TPSA) is 92.1 Å². The summed E-state index contributed by atoms with van der Waals surface area (Å²) in [7, 11) is 0. The molecule has 1 unspecified atom stereocenters. The zero-order chi connectivity index (χ0) is 13.7. The van der Waals surface area contributed by atoms with E-state index in [1.165, 1.54) is 6.33 Å². The van der Waals surface area contributed by atoms with Gasteiger partial charge in [-0.15, -0.1) is 0 Å². The highest BCUT2D eigenvalue weighted by Crippen LogP contribution is 2.28. The zero-order valence-corrected chi connectivity index (χ0v) is 11.2. The Morgan fingerprint density at radius 1 is 1.53 bits per heavy atom. The second-order valence-electron chi connectivity index (χ2n) is 5.26. The molecule has 2 amide bonds. The average molecular weight is 267 g/mol. The first-order valence-corrected chi connectivity index (χ1v) is 6.65. The minimum atomic E-state index is -0.433. The standard InChI is InChI=1S/C12H21N5O2/c1-10(6-17-9-13-8-14-17)15-11(19)16-12(7-18)4-2-3-5-12/h8-10,18H,2-7H2,1H3,(H2,15,16,19). The molecule has 1 heterocycles. The lowest BCUT2D eigenvalue weighted by Crippen LogP contribution is -2.54. The number of carbonyl (C=O) groups excluding carboxylic acids is 1. The van der Waals surface area contributed by atoms with Crippen molar-refractivity contribution in [3.63, 3.8) is 0 Å². The molecule has 1 atom stereocenters. The van der Waals surface area contributed by atoms with Gasteiger partial charge < -0.3 is 15.7 Å². The molecular formula is C12H21N5O2. The van der Waals surface area contributed by atoms with Gasteiger partial charge in [0.15, 0.2) is 0 Å². The van der Waals surface area contributed by atoms with Crippen molar-refractivity contribution in [3.05, 3.63) is 12.7 Å². The third-order valence-corrected chi connectivity index (χ3v) is 3.55. The molecule has 1 aromatic heterocycles. The van der Waals surface area contributed by atoms with E-state index >= 15 is 0 Å². The first-order chi connectivity index (χ1) is 9.13. The molecule has 0 radical (unpaired) electrons. The molecule has 1 saturated carbocycles. The van der Waals surface area contributed by atoms with Crippen LogP contribution in [0.25, 0.3) is 0 Å². The van der Waals surface area contributed by atoms with E-state index in [1.54, 1.807) is 11.0 Å². The van der Waals surface area contributed by atoms with Gasteiger partial charge in [-0.3, -0.25) is 4.68 Å². The Morgan fingerprint density at radius 3 is 2.84 bits per heavy atom. The van der Waals surface area contributed by atoms with Crippen molar-refractivity contribution < 1.29 is 9.90 Å². The van der Waals surface area contributed by atoms with Crippen LogP contribution in [-0.2, 0) is 6.54 Å². The van der Waals surface area contributed by atoms with Gasteiger partial charge in [-0.05, 0) is 19.8 Å². The summed E-state index contributed by atoms with van der Waals surface area (Å²) in [5.41, 5.74) is -0.433. The first kappa shape index (κ1) is 13.8. The number of hydrogen-bond acceptors (Lipinski definition) is 4. The van der Waals surface area contributed by atoms with Crippen molar-refractivity contribution >= 4 is 6.03 Å². The smallest absolute Gasteiger partial charge is 0.315 e. The Morgan fingerprint density at radius 2 is 2.26 bits per heavy atom. The molecule has 1 aliphatic rings. The van der Waals surface area contributed by atoms with Gasteiger partial charge in [0.25, 0.3) is 0 Å². The normalized spacial score (nSPS) is 19.1. The van der Waals surface area contributed by atoms with Crippen molar-refractivity contribution in [3.8, 4) is 0 Å². The number of nitrogens with one attached hydrogen (secondary N) is 2. The highest BCUT2D eigenvalue weighted by Gasteiger charge is 2.34. The van der Waals surface area contributed by atoms with E-state index in [0.717, 1.165) is 25.7 Å². The minimum absolute atomic E-state index is 0.00211. The highest BCUT2D eigenvalue weighted by atomic mass is 16.3. The van der Waals surface area contributed by atoms with Crippen LogP contribution >= 0.6 is 0 Å². The minimum Gasteiger partial charge on any atom is -0.394 e. The zero-order valence-electron chi connectivity index (χ0n) is 11.2. The van der Waals surface area contributed by atoms with Crippen LogP contribution in [0.1, 0.15) is 32.6 Å². The lowest BCUT2D eigenvalue weighted by Gasteiger charge is -2.28. The van der Waals surface area contributed by atoms with Crippen LogP contribution in [0.4, 0.5) is 4.79 Å². The fraction of sp³-hybridized carbons (Fsp3) is 0.750. The van der Waals surface area contributed by atoms with E-state index in [-0.39, 0.29) is 18.7 Å². The highest BCUT2D eigenvalue weighted by molar-refractivity contribution is 5.75. The molecule has 7 nitrogen and oxygen atoms in total. The van der Waals surface area contributed by atoms with Gasteiger partial charge in [0.05, 0.1) is 18.7 Å². The van der Waals surface area contributed by atoms with E-state index in [0.29, 0.717) is 6.54 Å². The second-order valence-corrected chi connectivity index (χ2v) is 5.26. The van der Waals surface area contributed by atoms with E-state index in [2.05, 4.69) is 20.7 Å². The Bertz CT molecular complexity index is 400. The number of aromatic nitrogens is 3. The van der Waals surface area contributed by atoms with E-state index in [9.17, 15) is 9.90 Å². The lowest BCUT2D eigenvalue weighted by atomic mass is 9.99. The molecule has 1 aliphatic carbocycles. The van der Waals surface area contributed by atoms with Crippen LogP contribution in [0.15, 0.2) is 12.7 Å². The van der Waals surface area contributed by atoms with Gasteiger partial charge in [-0.2, -0.15) is 5.10 Å². The molecule has 19 heavy (non-hydrogen) atoms. The summed E-state index contributed by atoms with van der Waals surface area (Å²) in [6.45, 7) is 2.47. The summed E-state index contributed by atoms with van der Waals surface area (Å²) in [5.74, 6) is 0. The van der Waals surface area contributed by atoms with Crippen molar-refractivity contribution in [2.75, 3.05) is 6.61 Å². The van der Waals surface area contributed by atoms with Gasteiger partial charge >= 0.3 is 6.03 Å². The molecule has 0 spiro atoms. The molecule has 0 aromatic carbocycles. The summed E-state index contributed by atoms with van der Waals surface area (Å²) in [4.78, 5) is 15.8. The fourth-order valence-electron chi connectivity index (χ4n) is 2.53. The molecule has 0 saturated heterocycles. The Balaban J connectivity index is 1.80. The quantitative estimate of drug-likeness (QED) is 0.714. The summed E-state index contributed by atoms with van der Waals surface area (Å²) < 4.78 is 1.67. The fourth-order valence-corrected chi connectivity index (χ4v) is 2.53. The van der Waals surface area contributed by atoms with Gasteiger partial charge in [-0.1, -0.05) is 12.8 Å². The van der Waals surface area contributed by atoms with Crippen LogP contribution in [0, 0.1) is 0 Å². The second kappa shape index (κ2) is 6.01. The van der Waals surface area contributed by atoms with Crippen LogP contribution in [0.3, 0.4) is 0 Å². The number of carbonyl (C=O) groups is 1. The molecule has 3 N–H and O–H groups in total. The number of aliphatic hydroxyl groups excluding tert-OH is 1. The maximum atomic E-state index is 11.9. The Kier molecular flexibility index (Phi) is 4.36. The number of urea groups is 1. The molecule has 0 aliphatic heterocycles. The average Bonchev–Trinajstić information content (AvgIpc) is 3.00. The maximum absolute atomic E-state index is 11.9. The van der Waals surface area contributed by atoms with Gasteiger partial charge in [-0.25, -0.2) is 9.78 Å². The first-order valence-electron chi connectivity index (χ1n) is 6.65. The third kappa shape index (κ3) is 3.66. The number of rotatable bonds is 5. The van der Waals surface area contributed by atoms with Gasteiger partial charge in [0.2, 0.25) is 0 Å². The molecule has 2 rings (SSSR count). The summed E-state index contributed by atoms with van der Waals surface area (Å²) in [6, 6.07) is -0.289. The molecule has 106 valence electrons. The summed E-state index contributed by atoms with van der Waals surface area (Å²) in [6.07, 6.45) is 6.86. The molecule has 7 heteroatoms. The van der Waals surface area contributed by atoms with Crippen molar-refractivity contribution in [1.29, 1.82) is 0 Å². The van der Waals surface area contributed by atoms with E-state index in [4.69, 9.17) is 0 Å². The predicted octanol–water partition coefficient (Wildman–Crippen LogP) is 0.271. The van der Waals surface area contributed by atoms with Crippen molar-refractivity contribution in [2.45, 2.75) is 50.7 Å². The summed E-state index contributed by atoms with van der Waals surface area (Å²) in [5, 5.41) is 19.2. The number of amides is 2. The van der Waals surface area contributed by atoms with Crippen LogP contribution in [-0.4, -0.2) is 44.1 Å². The van der Waals surface area contributed by atoms with Crippen molar-refractivity contribution in [1.82, 2.24) is 25.4 Å². The Labute approximate surface area is 112 Å². The maximum Gasteiger partial charge on any atom is 0.315 e. The van der Waals surface area contributed by atoms with Crippen LogP contribution in [0.5, 0.6) is 0 Å². The SMILES string of the molecule is CC(Cn1cncn1)NC(=O)NC1(CO)CCCC1. The lowest BCUT2D eigenvalue weighted by molar-refractivity contribution is 0.161. The van der Waals surface area contributed by atoms with Crippen LogP contribution in [0.2, 0.25) is 0 Å². The van der Waals surface area contributed by atoms with Gasteiger partial charge in [0, 0.05) is 6.04 Å². The number of nitrogens with zero attached hydrogens (tertiary/aromatic N) is 3. The monoisotopic (exact) mass is 267 g/mol. The molecule has 1 aromatic rings. The summed E-state index contributed by atoms with van der Waals surface area (Å²) >= 11 is 0. The number of hydrogen-bond donors (Lipinski definition) is 3. The largest absolute Gasteiger partial charge is 0.394 e. The Hall–Kier alpha value is -1.63. The van der Waals surface area contributed by atoms with Gasteiger partial charge in [0.1, 0.15) is 12.7 Å². The van der Waals surface area contributed by atoms with Crippen molar-refractivity contribution in [2.24, 2.45) is 0 Å².